The Morgan fingerprint density at radius 2 is 1.63 bits per heavy atom. The summed E-state index contributed by atoms with van der Waals surface area (Å²) in [6.07, 6.45) is 1.63. The second kappa shape index (κ2) is 11.7. The first-order chi connectivity index (χ1) is 16.7. The van der Waals surface area contributed by atoms with Gasteiger partial charge in [0.05, 0.1) is 0 Å². The van der Waals surface area contributed by atoms with Crippen LogP contribution in [0, 0.1) is 11.6 Å². The van der Waals surface area contributed by atoms with E-state index < -0.39 is 17.8 Å². The lowest BCUT2D eigenvalue weighted by Gasteiger charge is -2.09. The lowest BCUT2D eigenvalue weighted by molar-refractivity contribution is -0.159. The molecule has 2 heterocycles. The Morgan fingerprint density at radius 1 is 0.943 bits per heavy atom. The van der Waals surface area contributed by atoms with Gasteiger partial charge in [0.15, 0.2) is 10.8 Å². The molecule has 0 aliphatic heterocycles. The quantitative estimate of drug-likeness (QED) is 0.269. The van der Waals surface area contributed by atoms with E-state index in [4.69, 9.17) is 19.8 Å². The van der Waals surface area contributed by atoms with Gasteiger partial charge in [0, 0.05) is 17.6 Å². The highest BCUT2D eigenvalue weighted by molar-refractivity contribution is 7.98. The van der Waals surface area contributed by atoms with Crippen molar-refractivity contribution in [2.45, 2.75) is 17.5 Å². The maximum absolute atomic E-state index is 13.4. The summed E-state index contributed by atoms with van der Waals surface area (Å²) in [6.45, 7) is -0.0322. The van der Waals surface area contributed by atoms with E-state index in [0.717, 1.165) is 5.56 Å². The number of aromatic nitrogens is 3. The number of carboxylic acids is 2. The zero-order valence-corrected chi connectivity index (χ0v) is 18.7. The molecule has 0 fully saturated rings. The number of carboxylic acid groups (broad SMARTS) is 2. The van der Waals surface area contributed by atoms with Crippen LogP contribution in [0.3, 0.4) is 0 Å². The number of anilines is 1. The van der Waals surface area contributed by atoms with E-state index in [0.29, 0.717) is 27.8 Å². The average molecular weight is 500 g/mol. The highest BCUT2D eigenvalue weighted by Crippen LogP contribution is 2.26. The van der Waals surface area contributed by atoms with E-state index in [1.54, 1.807) is 29.0 Å². The molecule has 3 N–H and O–H groups in total. The van der Waals surface area contributed by atoms with Gasteiger partial charge in [-0.25, -0.2) is 28.3 Å². The molecule has 0 saturated heterocycles. The molecule has 2 aromatic heterocycles. The molecular formula is C23H18F2N4O5S. The molecule has 35 heavy (non-hydrogen) atoms. The largest absolute Gasteiger partial charge is 0.473 e. The van der Waals surface area contributed by atoms with Crippen LogP contribution in [0.25, 0.3) is 11.2 Å². The van der Waals surface area contributed by atoms with Gasteiger partial charge >= 0.3 is 11.9 Å². The van der Waals surface area contributed by atoms with E-state index >= 15 is 0 Å². The summed E-state index contributed by atoms with van der Waals surface area (Å²) in [5, 5.41) is 18.1. The fourth-order valence-corrected chi connectivity index (χ4v) is 3.82. The van der Waals surface area contributed by atoms with Crippen LogP contribution >= 0.6 is 11.8 Å². The standard InChI is InChI=1S/C21H16F2N4OS.C2H2O4/c22-15-5-1-4-14(10-15)13-29-21-26-18-8-3-9-24-20(18)27(21)12-19(28)25-17-7-2-6-16(23)11-17;3-1(4)2(5)6/h1-11H,12-13H2,(H,25,28);(H,3,4)(H,5,6). The molecule has 4 rings (SSSR count). The Labute approximate surface area is 201 Å². The van der Waals surface area contributed by atoms with Gasteiger partial charge < -0.3 is 15.5 Å². The minimum atomic E-state index is -1.82. The van der Waals surface area contributed by atoms with Crippen LogP contribution in [0.5, 0.6) is 0 Å². The normalized spacial score (nSPS) is 10.3. The summed E-state index contributed by atoms with van der Waals surface area (Å²) >= 11 is 1.39. The minimum Gasteiger partial charge on any atom is -0.473 e. The van der Waals surface area contributed by atoms with Crippen molar-refractivity contribution in [1.29, 1.82) is 0 Å². The van der Waals surface area contributed by atoms with Crippen molar-refractivity contribution < 1.29 is 33.4 Å². The number of fused-ring (bicyclic) bond motifs is 1. The van der Waals surface area contributed by atoms with Gasteiger partial charge in [0.2, 0.25) is 5.91 Å². The summed E-state index contributed by atoms with van der Waals surface area (Å²) in [6, 6.07) is 15.6. The van der Waals surface area contributed by atoms with Gasteiger partial charge in [-0.1, -0.05) is 30.0 Å². The number of pyridine rings is 1. The molecule has 1 amide bonds. The Bertz CT molecular complexity index is 1370. The second-order valence-corrected chi connectivity index (χ2v) is 7.86. The Hall–Kier alpha value is -4.32. The first kappa shape index (κ1) is 25.3. The third-order valence-electron chi connectivity index (χ3n) is 4.32. The van der Waals surface area contributed by atoms with Crippen molar-refractivity contribution in [3.63, 3.8) is 0 Å². The molecule has 0 aliphatic rings. The molecule has 2 aromatic carbocycles. The molecule has 180 valence electrons. The van der Waals surface area contributed by atoms with E-state index in [9.17, 15) is 13.6 Å². The SMILES string of the molecule is O=C(Cn1c(SCc2cccc(F)c2)nc2cccnc21)Nc1cccc(F)c1.O=C(O)C(=O)O. The number of imidazole rings is 1. The molecule has 0 spiro atoms. The van der Waals surface area contributed by atoms with Crippen LogP contribution < -0.4 is 5.32 Å². The van der Waals surface area contributed by atoms with E-state index in [-0.39, 0.29) is 18.3 Å². The number of benzene rings is 2. The number of halogens is 2. The molecule has 0 saturated carbocycles. The third-order valence-corrected chi connectivity index (χ3v) is 5.37. The fourth-order valence-electron chi connectivity index (χ4n) is 2.88. The number of nitrogens with zero attached hydrogens (tertiary/aromatic N) is 3. The Balaban J connectivity index is 0.000000509. The zero-order valence-electron chi connectivity index (χ0n) is 17.9. The number of nitrogens with one attached hydrogen (secondary N) is 1. The number of aliphatic carboxylic acids is 2. The topological polar surface area (TPSA) is 134 Å². The summed E-state index contributed by atoms with van der Waals surface area (Å²) in [7, 11) is 0. The molecule has 9 nitrogen and oxygen atoms in total. The van der Waals surface area contributed by atoms with E-state index in [1.165, 1.54) is 42.1 Å². The van der Waals surface area contributed by atoms with E-state index in [2.05, 4.69) is 15.3 Å². The summed E-state index contributed by atoms with van der Waals surface area (Å²) < 4.78 is 28.5. The van der Waals surface area contributed by atoms with E-state index in [1.807, 2.05) is 12.1 Å². The molecule has 0 atom stereocenters. The second-order valence-electron chi connectivity index (χ2n) is 6.91. The predicted octanol–water partition coefficient (Wildman–Crippen LogP) is 3.80. The lowest BCUT2D eigenvalue weighted by atomic mass is 10.2. The highest BCUT2D eigenvalue weighted by Gasteiger charge is 2.16. The zero-order chi connectivity index (χ0) is 25.4. The van der Waals surface area contributed by atoms with Crippen molar-refractivity contribution in [3.05, 3.63) is 84.1 Å². The van der Waals surface area contributed by atoms with Gasteiger partial charge in [0.25, 0.3) is 0 Å². The number of rotatable bonds is 6. The van der Waals surface area contributed by atoms with Crippen molar-refractivity contribution in [2.75, 3.05) is 5.32 Å². The number of carbonyl (C=O) groups is 3. The smallest absolute Gasteiger partial charge is 0.414 e. The van der Waals surface area contributed by atoms with Crippen molar-refractivity contribution >= 4 is 46.5 Å². The molecule has 0 radical (unpaired) electrons. The van der Waals surface area contributed by atoms with Crippen molar-refractivity contribution in [2.24, 2.45) is 0 Å². The Kier molecular flexibility index (Phi) is 8.46. The van der Waals surface area contributed by atoms with Crippen LogP contribution in [0.2, 0.25) is 0 Å². The first-order valence-corrected chi connectivity index (χ1v) is 10.9. The number of carbonyl (C=O) groups excluding carboxylic acids is 1. The number of hydrogen-bond acceptors (Lipinski definition) is 6. The molecular weight excluding hydrogens is 482 g/mol. The first-order valence-electron chi connectivity index (χ1n) is 9.93. The van der Waals surface area contributed by atoms with Crippen LogP contribution in [0.1, 0.15) is 5.56 Å². The average Bonchev–Trinajstić information content (AvgIpc) is 3.15. The van der Waals surface area contributed by atoms with Crippen molar-refractivity contribution in [1.82, 2.24) is 14.5 Å². The molecule has 0 bridgehead atoms. The summed E-state index contributed by atoms with van der Waals surface area (Å²) in [5.41, 5.74) is 2.42. The maximum atomic E-state index is 13.4. The number of thioether (sulfide) groups is 1. The Morgan fingerprint density at radius 3 is 2.29 bits per heavy atom. The predicted molar refractivity (Wildman–Crippen MR) is 124 cm³/mol. The van der Waals surface area contributed by atoms with Crippen LogP contribution in [-0.2, 0) is 26.7 Å². The van der Waals surface area contributed by atoms with Gasteiger partial charge in [-0.3, -0.25) is 9.36 Å². The van der Waals surface area contributed by atoms with Crippen molar-refractivity contribution in [3.8, 4) is 0 Å². The van der Waals surface area contributed by atoms with Crippen LogP contribution in [0.4, 0.5) is 14.5 Å². The molecule has 4 aromatic rings. The fraction of sp³-hybridized carbons (Fsp3) is 0.0870. The third kappa shape index (κ3) is 7.33. The number of hydrogen-bond donors (Lipinski definition) is 3. The monoisotopic (exact) mass is 500 g/mol. The summed E-state index contributed by atoms with van der Waals surface area (Å²) in [5.74, 6) is -4.21. The minimum absolute atomic E-state index is 0.0322. The van der Waals surface area contributed by atoms with Crippen LogP contribution in [-0.4, -0.2) is 42.6 Å². The molecule has 0 aliphatic carbocycles. The maximum Gasteiger partial charge on any atom is 0.414 e. The van der Waals surface area contributed by atoms with Gasteiger partial charge in [-0.05, 0) is 48.0 Å². The van der Waals surface area contributed by atoms with Gasteiger partial charge in [-0.15, -0.1) is 0 Å². The molecule has 0 unspecified atom stereocenters. The van der Waals surface area contributed by atoms with Gasteiger partial charge in [0.1, 0.15) is 23.7 Å². The van der Waals surface area contributed by atoms with Crippen LogP contribution in [0.15, 0.2) is 72.0 Å². The molecule has 12 heteroatoms. The number of amides is 1. The summed E-state index contributed by atoms with van der Waals surface area (Å²) in [4.78, 5) is 39.6. The lowest BCUT2D eigenvalue weighted by Crippen LogP contribution is -2.19. The highest BCUT2D eigenvalue weighted by atomic mass is 32.2. The van der Waals surface area contributed by atoms with Gasteiger partial charge in [-0.2, -0.15) is 0 Å².